The van der Waals surface area contributed by atoms with Gasteiger partial charge in [-0.15, -0.1) is 0 Å². The summed E-state index contributed by atoms with van der Waals surface area (Å²) in [5.74, 6) is -0.129. The fraction of sp³-hybridized carbons (Fsp3) is 0.190. The Morgan fingerprint density at radius 1 is 0.926 bits per heavy atom. The standard InChI is InChI=1S/C21H22N2O3S/c24-21(19-10-6-11-20(16-19)23-13-4-5-14-23)22-12-7-15-27(25,26)17-18-8-2-1-3-9-18/h1-6,8-11,13-14,16H,7,12,15,17H2,(H,22,24). The number of nitrogens with one attached hydrogen (secondary N) is 1. The molecule has 0 radical (unpaired) electrons. The second-order valence-corrected chi connectivity index (χ2v) is 8.51. The number of rotatable bonds is 8. The number of sulfone groups is 1. The van der Waals surface area contributed by atoms with Gasteiger partial charge >= 0.3 is 0 Å². The summed E-state index contributed by atoms with van der Waals surface area (Å²) in [6, 6.07) is 20.3. The Morgan fingerprint density at radius 3 is 2.41 bits per heavy atom. The Bertz CT molecular complexity index is 981. The van der Waals surface area contributed by atoms with Crippen molar-refractivity contribution in [3.63, 3.8) is 0 Å². The molecular formula is C21H22N2O3S. The molecule has 6 heteroatoms. The monoisotopic (exact) mass is 382 g/mol. The van der Waals surface area contributed by atoms with Crippen molar-refractivity contribution >= 4 is 15.7 Å². The number of nitrogens with zero attached hydrogens (tertiary/aromatic N) is 1. The van der Waals surface area contributed by atoms with Crippen molar-refractivity contribution in [3.05, 3.63) is 90.3 Å². The van der Waals surface area contributed by atoms with E-state index in [1.807, 2.05) is 65.5 Å². The van der Waals surface area contributed by atoms with Crippen LogP contribution in [0.15, 0.2) is 79.1 Å². The zero-order valence-electron chi connectivity index (χ0n) is 14.9. The highest BCUT2D eigenvalue weighted by molar-refractivity contribution is 7.90. The maximum absolute atomic E-state index is 12.3. The first-order valence-electron chi connectivity index (χ1n) is 8.79. The predicted molar refractivity (Wildman–Crippen MR) is 107 cm³/mol. The quantitative estimate of drug-likeness (QED) is 0.608. The fourth-order valence-corrected chi connectivity index (χ4v) is 4.24. The van der Waals surface area contributed by atoms with Gasteiger partial charge in [0.15, 0.2) is 9.84 Å². The van der Waals surface area contributed by atoms with Crippen LogP contribution in [-0.4, -0.2) is 31.2 Å². The van der Waals surface area contributed by atoms with Crippen molar-refractivity contribution in [3.8, 4) is 5.69 Å². The highest BCUT2D eigenvalue weighted by Gasteiger charge is 2.12. The molecule has 0 unspecified atom stereocenters. The minimum atomic E-state index is -3.19. The van der Waals surface area contributed by atoms with Crippen molar-refractivity contribution in [2.45, 2.75) is 12.2 Å². The molecule has 0 spiro atoms. The van der Waals surface area contributed by atoms with Crippen LogP contribution in [0.4, 0.5) is 0 Å². The maximum Gasteiger partial charge on any atom is 0.251 e. The average molecular weight is 382 g/mol. The van der Waals surface area contributed by atoms with Gasteiger partial charge in [0.25, 0.3) is 5.91 Å². The lowest BCUT2D eigenvalue weighted by molar-refractivity contribution is 0.0953. The summed E-state index contributed by atoms with van der Waals surface area (Å²) >= 11 is 0. The second-order valence-electron chi connectivity index (χ2n) is 6.33. The summed E-state index contributed by atoms with van der Waals surface area (Å²) < 4.78 is 26.3. The molecular weight excluding hydrogens is 360 g/mol. The van der Waals surface area contributed by atoms with Crippen LogP contribution in [0.5, 0.6) is 0 Å². The Balaban J connectivity index is 1.49. The van der Waals surface area contributed by atoms with Crippen LogP contribution in [0.1, 0.15) is 22.3 Å². The molecule has 2 aromatic carbocycles. The molecule has 0 saturated carbocycles. The van der Waals surface area contributed by atoms with Crippen LogP contribution in [0, 0.1) is 0 Å². The van der Waals surface area contributed by atoms with E-state index in [-0.39, 0.29) is 17.4 Å². The van der Waals surface area contributed by atoms with Crippen molar-refractivity contribution in [2.24, 2.45) is 0 Å². The molecule has 1 aromatic heterocycles. The van der Waals surface area contributed by atoms with Crippen LogP contribution in [-0.2, 0) is 15.6 Å². The number of hydrogen-bond donors (Lipinski definition) is 1. The minimum absolute atomic E-state index is 0.0285. The molecule has 3 rings (SSSR count). The zero-order valence-corrected chi connectivity index (χ0v) is 15.7. The van der Waals surface area contributed by atoms with Gasteiger partial charge in [-0.05, 0) is 42.3 Å². The molecule has 140 valence electrons. The van der Waals surface area contributed by atoms with Crippen LogP contribution < -0.4 is 5.32 Å². The van der Waals surface area contributed by atoms with Crippen LogP contribution in [0.25, 0.3) is 5.69 Å². The molecule has 3 aromatic rings. The Labute approximate surface area is 159 Å². The normalized spacial score (nSPS) is 11.3. The Kier molecular flexibility index (Phi) is 6.08. The van der Waals surface area contributed by atoms with E-state index in [0.29, 0.717) is 18.5 Å². The van der Waals surface area contributed by atoms with Gasteiger partial charge in [0, 0.05) is 30.2 Å². The molecule has 0 atom stereocenters. The Hall–Kier alpha value is -2.86. The fourth-order valence-electron chi connectivity index (χ4n) is 2.81. The topological polar surface area (TPSA) is 68.2 Å². The first-order valence-corrected chi connectivity index (χ1v) is 10.6. The van der Waals surface area contributed by atoms with Gasteiger partial charge in [0.05, 0.1) is 11.5 Å². The molecule has 1 amide bonds. The number of carbonyl (C=O) groups excluding carboxylic acids is 1. The lowest BCUT2D eigenvalue weighted by Crippen LogP contribution is -2.26. The van der Waals surface area contributed by atoms with Gasteiger partial charge in [-0.1, -0.05) is 36.4 Å². The summed E-state index contributed by atoms with van der Waals surface area (Å²) in [6.45, 7) is 0.320. The zero-order chi connectivity index (χ0) is 19.1. The molecule has 0 bridgehead atoms. The third kappa shape index (κ3) is 5.56. The number of hydrogen-bond acceptors (Lipinski definition) is 3. The van der Waals surface area contributed by atoms with E-state index in [2.05, 4.69) is 5.32 Å². The number of amides is 1. The van der Waals surface area contributed by atoms with Gasteiger partial charge < -0.3 is 9.88 Å². The number of benzene rings is 2. The maximum atomic E-state index is 12.3. The summed E-state index contributed by atoms with van der Waals surface area (Å²) in [7, 11) is -3.19. The molecule has 0 saturated heterocycles. The van der Waals surface area contributed by atoms with E-state index < -0.39 is 9.84 Å². The third-order valence-corrected chi connectivity index (χ3v) is 5.84. The van der Waals surface area contributed by atoms with E-state index in [9.17, 15) is 13.2 Å². The van der Waals surface area contributed by atoms with Crippen LogP contribution in [0.2, 0.25) is 0 Å². The smallest absolute Gasteiger partial charge is 0.251 e. The van der Waals surface area contributed by atoms with Crippen LogP contribution >= 0.6 is 0 Å². The summed E-state index contributed by atoms with van der Waals surface area (Å²) in [4.78, 5) is 12.3. The lowest BCUT2D eigenvalue weighted by Gasteiger charge is -2.08. The average Bonchev–Trinajstić information content (AvgIpc) is 3.20. The van der Waals surface area contributed by atoms with E-state index in [1.165, 1.54) is 0 Å². The largest absolute Gasteiger partial charge is 0.352 e. The number of carbonyl (C=O) groups is 1. The van der Waals surface area contributed by atoms with E-state index in [0.717, 1.165) is 11.3 Å². The van der Waals surface area contributed by atoms with Gasteiger partial charge in [-0.25, -0.2) is 8.42 Å². The second kappa shape index (κ2) is 8.68. The molecule has 0 aliphatic heterocycles. The minimum Gasteiger partial charge on any atom is -0.352 e. The molecule has 27 heavy (non-hydrogen) atoms. The van der Waals surface area contributed by atoms with E-state index >= 15 is 0 Å². The van der Waals surface area contributed by atoms with E-state index in [1.54, 1.807) is 18.2 Å². The van der Waals surface area contributed by atoms with Crippen molar-refractivity contribution < 1.29 is 13.2 Å². The van der Waals surface area contributed by atoms with E-state index in [4.69, 9.17) is 0 Å². The van der Waals surface area contributed by atoms with Gasteiger partial charge in [-0.2, -0.15) is 0 Å². The SMILES string of the molecule is O=C(NCCCS(=O)(=O)Cc1ccccc1)c1cccc(-n2cccc2)c1. The van der Waals surface area contributed by atoms with Crippen molar-refractivity contribution in [1.82, 2.24) is 9.88 Å². The summed E-state index contributed by atoms with van der Waals surface area (Å²) in [5, 5.41) is 2.80. The predicted octanol–water partition coefficient (Wildman–Crippen LogP) is 3.21. The van der Waals surface area contributed by atoms with Gasteiger partial charge in [-0.3, -0.25) is 4.79 Å². The number of aromatic nitrogens is 1. The van der Waals surface area contributed by atoms with Crippen LogP contribution in [0.3, 0.4) is 0 Å². The molecule has 0 aliphatic rings. The molecule has 0 fully saturated rings. The summed E-state index contributed by atoms with van der Waals surface area (Å²) in [6.07, 6.45) is 4.21. The van der Waals surface area contributed by atoms with Crippen molar-refractivity contribution in [2.75, 3.05) is 12.3 Å². The van der Waals surface area contributed by atoms with Gasteiger partial charge in [0.1, 0.15) is 0 Å². The first-order chi connectivity index (χ1) is 13.0. The Morgan fingerprint density at radius 2 is 1.67 bits per heavy atom. The lowest BCUT2D eigenvalue weighted by atomic mass is 10.2. The molecule has 1 N–H and O–H groups in total. The third-order valence-electron chi connectivity index (χ3n) is 4.16. The highest BCUT2D eigenvalue weighted by Crippen LogP contribution is 2.11. The molecule has 0 aliphatic carbocycles. The molecule has 5 nitrogen and oxygen atoms in total. The first kappa shape index (κ1) is 18.9. The summed E-state index contributed by atoms with van der Waals surface area (Å²) in [5.41, 5.74) is 2.23. The highest BCUT2D eigenvalue weighted by atomic mass is 32.2. The van der Waals surface area contributed by atoms with Crippen molar-refractivity contribution in [1.29, 1.82) is 0 Å². The molecule has 1 heterocycles. The van der Waals surface area contributed by atoms with Gasteiger partial charge in [0.2, 0.25) is 0 Å².